The van der Waals surface area contributed by atoms with Gasteiger partial charge in [0.25, 0.3) is 5.91 Å². The monoisotopic (exact) mass is 332 g/mol. The van der Waals surface area contributed by atoms with E-state index in [0.717, 1.165) is 4.47 Å². The van der Waals surface area contributed by atoms with E-state index >= 15 is 0 Å². The molecular formula is C15H13BrN2O2. The molecule has 0 aliphatic rings. The van der Waals surface area contributed by atoms with Crippen LogP contribution in [0.2, 0.25) is 0 Å². The molecule has 0 atom stereocenters. The van der Waals surface area contributed by atoms with Gasteiger partial charge < -0.3 is 5.11 Å². The maximum atomic E-state index is 11.9. The van der Waals surface area contributed by atoms with Crippen LogP contribution in [0.3, 0.4) is 0 Å². The van der Waals surface area contributed by atoms with Crippen LogP contribution in [0.5, 0.6) is 5.75 Å². The van der Waals surface area contributed by atoms with Crippen molar-refractivity contribution in [3.63, 3.8) is 0 Å². The van der Waals surface area contributed by atoms with Crippen LogP contribution in [0.15, 0.2) is 58.1 Å². The lowest BCUT2D eigenvalue weighted by Gasteiger charge is -2.05. The van der Waals surface area contributed by atoms with E-state index < -0.39 is 0 Å². The second kappa shape index (κ2) is 6.34. The summed E-state index contributed by atoms with van der Waals surface area (Å²) >= 11 is 3.31. The number of phenols is 1. The molecule has 102 valence electrons. The first kappa shape index (κ1) is 14.3. The third kappa shape index (κ3) is 3.45. The lowest BCUT2D eigenvalue weighted by Crippen LogP contribution is -2.19. The van der Waals surface area contributed by atoms with E-state index in [1.807, 2.05) is 6.07 Å². The number of nitrogens with zero attached hydrogens (tertiary/aromatic N) is 1. The second-order valence-corrected chi connectivity index (χ2v) is 5.08. The summed E-state index contributed by atoms with van der Waals surface area (Å²) in [6, 6.07) is 13.9. The molecule has 0 spiro atoms. The lowest BCUT2D eigenvalue weighted by molar-refractivity contribution is 0.0954. The molecule has 20 heavy (non-hydrogen) atoms. The summed E-state index contributed by atoms with van der Waals surface area (Å²) in [5.74, 6) is -0.175. The number of halogens is 1. The summed E-state index contributed by atoms with van der Waals surface area (Å²) in [4.78, 5) is 11.9. The first-order valence-electron chi connectivity index (χ1n) is 5.96. The number of aromatic hydroxyl groups is 1. The van der Waals surface area contributed by atoms with Crippen LogP contribution in [0.4, 0.5) is 0 Å². The summed E-state index contributed by atoms with van der Waals surface area (Å²) in [7, 11) is 0. The smallest absolute Gasteiger partial charge is 0.271 e. The molecule has 0 unspecified atom stereocenters. The van der Waals surface area contributed by atoms with Gasteiger partial charge in [0.15, 0.2) is 0 Å². The summed E-state index contributed by atoms with van der Waals surface area (Å²) in [6.45, 7) is 1.72. The minimum absolute atomic E-state index is 0.130. The van der Waals surface area contributed by atoms with Crippen LogP contribution < -0.4 is 5.43 Å². The van der Waals surface area contributed by atoms with Crippen LogP contribution in [-0.2, 0) is 0 Å². The molecular weight excluding hydrogens is 320 g/mol. The van der Waals surface area contributed by atoms with E-state index in [0.29, 0.717) is 16.8 Å². The molecule has 0 aliphatic carbocycles. The number of hydrazone groups is 1. The van der Waals surface area contributed by atoms with Crippen molar-refractivity contribution in [2.75, 3.05) is 0 Å². The minimum Gasteiger partial charge on any atom is -0.507 e. The Bertz CT molecular complexity index is 668. The second-order valence-electron chi connectivity index (χ2n) is 4.17. The molecule has 2 rings (SSSR count). The van der Waals surface area contributed by atoms with Crippen molar-refractivity contribution < 1.29 is 9.90 Å². The van der Waals surface area contributed by atoms with Crippen molar-refractivity contribution in [2.45, 2.75) is 6.92 Å². The standard InChI is InChI=1S/C15H13BrN2O2/c1-10(13-7-2-3-8-14(13)19)17-18-15(20)11-5-4-6-12(16)9-11/h2-9,19H,1H3,(H,18,20)/b17-10-. The maximum Gasteiger partial charge on any atom is 0.271 e. The largest absolute Gasteiger partial charge is 0.507 e. The molecule has 0 heterocycles. The molecule has 0 fully saturated rings. The number of nitrogens with one attached hydrogen (secondary N) is 1. The first-order chi connectivity index (χ1) is 9.58. The highest BCUT2D eigenvalue weighted by atomic mass is 79.9. The Balaban J connectivity index is 2.13. The highest BCUT2D eigenvalue weighted by Crippen LogP contribution is 2.16. The van der Waals surface area contributed by atoms with E-state index in [-0.39, 0.29) is 11.7 Å². The summed E-state index contributed by atoms with van der Waals surface area (Å²) in [6.07, 6.45) is 0. The van der Waals surface area contributed by atoms with Crippen molar-refractivity contribution in [2.24, 2.45) is 5.10 Å². The minimum atomic E-state index is -0.305. The number of hydrogen-bond acceptors (Lipinski definition) is 3. The molecule has 0 saturated carbocycles. The first-order valence-corrected chi connectivity index (χ1v) is 6.76. The van der Waals surface area contributed by atoms with Crippen LogP contribution in [0.1, 0.15) is 22.8 Å². The molecule has 0 bridgehead atoms. The number of amides is 1. The molecule has 0 saturated heterocycles. The van der Waals surface area contributed by atoms with Crippen molar-refractivity contribution in [3.05, 3.63) is 64.1 Å². The highest BCUT2D eigenvalue weighted by Gasteiger charge is 2.06. The molecule has 0 aromatic heterocycles. The van der Waals surface area contributed by atoms with Gasteiger partial charge in [-0.3, -0.25) is 4.79 Å². The average molecular weight is 333 g/mol. The normalized spacial score (nSPS) is 11.2. The number of phenolic OH excluding ortho intramolecular Hbond substituents is 1. The fourth-order valence-electron chi connectivity index (χ4n) is 1.67. The topological polar surface area (TPSA) is 61.7 Å². The molecule has 0 aliphatic heterocycles. The Morgan fingerprint density at radius 2 is 1.95 bits per heavy atom. The lowest BCUT2D eigenvalue weighted by atomic mass is 10.1. The van der Waals surface area contributed by atoms with Gasteiger partial charge in [-0.25, -0.2) is 5.43 Å². The summed E-state index contributed by atoms with van der Waals surface area (Å²) < 4.78 is 0.826. The third-order valence-electron chi connectivity index (χ3n) is 2.71. The van der Waals surface area contributed by atoms with Gasteiger partial charge >= 0.3 is 0 Å². The summed E-state index contributed by atoms with van der Waals surface area (Å²) in [5, 5.41) is 13.7. The number of carbonyl (C=O) groups is 1. The van der Waals surface area contributed by atoms with Crippen LogP contribution in [-0.4, -0.2) is 16.7 Å². The van der Waals surface area contributed by atoms with Gasteiger partial charge in [-0.05, 0) is 37.3 Å². The Kier molecular flexibility index (Phi) is 4.53. The van der Waals surface area contributed by atoms with Crippen LogP contribution in [0, 0.1) is 0 Å². The number of para-hydroxylation sites is 1. The Labute approximate surface area is 125 Å². The van der Waals surface area contributed by atoms with Crippen LogP contribution in [0.25, 0.3) is 0 Å². The van der Waals surface area contributed by atoms with Gasteiger partial charge in [-0.1, -0.05) is 34.1 Å². The van der Waals surface area contributed by atoms with Crippen LogP contribution >= 0.6 is 15.9 Å². The van der Waals surface area contributed by atoms with Crippen molar-refractivity contribution in [1.29, 1.82) is 0 Å². The molecule has 2 aromatic rings. The predicted molar refractivity (Wildman–Crippen MR) is 81.9 cm³/mol. The van der Waals surface area contributed by atoms with E-state index in [9.17, 15) is 9.90 Å². The number of rotatable bonds is 3. The quantitative estimate of drug-likeness (QED) is 0.669. The van der Waals surface area contributed by atoms with Crippen molar-refractivity contribution >= 4 is 27.5 Å². The van der Waals surface area contributed by atoms with Gasteiger partial charge in [0, 0.05) is 15.6 Å². The van der Waals surface area contributed by atoms with E-state index in [1.54, 1.807) is 49.4 Å². The third-order valence-corrected chi connectivity index (χ3v) is 3.20. The zero-order valence-corrected chi connectivity index (χ0v) is 12.4. The SMILES string of the molecule is C/C(=N/NC(=O)c1cccc(Br)c1)c1ccccc1O. The van der Waals surface area contributed by atoms with Crippen molar-refractivity contribution in [3.8, 4) is 5.75 Å². The predicted octanol–water partition coefficient (Wildman–Crippen LogP) is 3.31. The Morgan fingerprint density at radius 3 is 2.65 bits per heavy atom. The fraction of sp³-hybridized carbons (Fsp3) is 0.0667. The van der Waals surface area contributed by atoms with E-state index in [2.05, 4.69) is 26.5 Å². The average Bonchev–Trinajstić information content (AvgIpc) is 2.45. The van der Waals surface area contributed by atoms with E-state index in [4.69, 9.17) is 0 Å². The summed E-state index contributed by atoms with van der Waals surface area (Å²) in [5.41, 5.74) is 4.10. The number of benzene rings is 2. The van der Waals surface area contributed by atoms with Crippen molar-refractivity contribution in [1.82, 2.24) is 5.43 Å². The molecule has 5 heteroatoms. The van der Waals surface area contributed by atoms with Gasteiger partial charge in [0.2, 0.25) is 0 Å². The molecule has 4 nitrogen and oxygen atoms in total. The van der Waals surface area contributed by atoms with Gasteiger partial charge in [0.05, 0.1) is 5.71 Å². The Morgan fingerprint density at radius 1 is 1.20 bits per heavy atom. The fourth-order valence-corrected chi connectivity index (χ4v) is 2.07. The van der Waals surface area contributed by atoms with Gasteiger partial charge in [-0.15, -0.1) is 0 Å². The maximum absolute atomic E-state index is 11.9. The Hall–Kier alpha value is -2.14. The number of hydrogen-bond donors (Lipinski definition) is 2. The molecule has 2 N–H and O–H groups in total. The number of carbonyl (C=O) groups excluding carboxylic acids is 1. The molecule has 2 aromatic carbocycles. The van der Waals surface area contributed by atoms with Gasteiger partial charge in [0.1, 0.15) is 5.75 Å². The highest BCUT2D eigenvalue weighted by molar-refractivity contribution is 9.10. The van der Waals surface area contributed by atoms with Gasteiger partial charge in [-0.2, -0.15) is 5.10 Å². The zero-order chi connectivity index (χ0) is 14.5. The molecule has 0 radical (unpaired) electrons. The van der Waals surface area contributed by atoms with E-state index in [1.165, 1.54) is 0 Å². The zero-order valence-electron chi connectivity index (χ0n) is 10.8. The molecule has 1 amide bonds.